The van der Waals surface area contributed by atoms with E-state index in [2.05, 4.69) is 11.9 Å². The summed E-state index contributed by atoms with van der Waals surface area (Å²) in [6.07, 6.45) is 5.86. The third-order valence-electron chi connectivity index (χ3n) is 4.23. The molecule has 2 rings (SSSR count). The second-order valence-corrected chi connectivity index (χ2v) is 7.47. The fourth-order valence-corrected chi connectivity index (χ4v) is 4.65. The van der Waals surface area contributed by atoms with Crippen LogP contribution < -0.4 is 5.73 Å². The zero-order valence-electron chi connectivity index (χ0n) is 12.1. The standard InChI is InChI=1S/C14H23N3O2S/c1-11-6-3-4-7-13(11)17(2)20(18,19)14-8-5-9-16-12(14)10-15/h5,8-9,11,13H,3-4,6-7,10,15H2,1-2H3. The van der Waals surface area contributed by atoms with Gasteiger partial charge >= 0.3 is 0 Å². The van der Waals surface area contributed by atoms with E-state index >= 15 is 0 Å². The van der Waals surface area contributed by atoms with Crippen molar-refractivity contribution >= 4 is 10.0 Å². The van der Waals surface area contributed by atoms with Crippen molar-refractivity contribution in [3.63, 3.8) is 0 Å². The highest BCUT2D eigenvalue weighted by atomic mass is 32.2. The number of hydrogen-bond donors (Lipinski definition) is 1. The number of rotatable bonds is 4. The molecule has 2 atom stereocenters. The summed E-state index contributed by atoms with van der Waals surface area (Å²) < 4.78 is 27.1. The largest absolute Gasteiger partial charge is 0.325 e. The number of pyridine rings is 1. The van der Waals surface area contributed by atoms with Crippen LogP contribution in [0.2, 0.25) is 0 Å². The average Bonchev–Trinajstić information content (AvgIpc) is 2.47. The predicted molar refractivity (Wildman–Crippen MR) is 78.5 cm³/mol. The van der Waals surface area contributed by atoms with Crippen LogP contribution >= 0.6 is 0 Å². The monoisotopic (exact) mass is 297 g/mol. The summed E-state index contributed by atoms with van der Waals surface area (Å²) in [4.78, 5) is 4.32. The first kappa shape index (κ1) is 15.4. The van der Waals surface area contributed by atoms with Gasteiger partial charge in [0.25, 0.3) is 0 Å². The number of aromatic nitrogens is 1. The van der Waals surface area contributed by atoms with Crippen LogP contribution in [0.15, 0.2) is 23.2 Å². The van der Waals surface area contributed by atoms with Crippen LogP contribution in [0.1, 0.15) is 38.3 Å². The first-order valence-corrected chi connectivity index (χ1v) is 8.54. The summed E-state index contributed by atoms with van der Waals surface area (Å²) in [6, 6.07) is 3.30. The SMILES string of the molecule is CC1CCCCC1N(C)S(=O)(=O)c1cccnc1CN. The molecule has 2 unspecified atom stereocenters. The molecule has 0 spiro atoms. The van der Waals surface area contributed by atoms with Crippen LogP contribution in [0.5, 0.6) is 0 Å². The minimum absolute atomic E-state index is 0.0691. The number of nitrogens with two attached hydrogens (primary N) is 1. The van der Waals surface area contributed by atoms with E-state index < -0.39 is 10.0 Å². The van der Waals surface area contributed by atoms with Gasteiger partial charge in [-0.2, -0.15) is 4.31 Å². The smallest absolute Gasteiger partial charge is 0.244 e. The second kappa shape index (κ2) is 6.20. The van der Waals surface area contributed by atoms with E-state index in [1.807, 2.05) is 0 Å². The molecule has 1 fully saturated rings. The highest BCUT2D eigenvalue weighted by Crippen LogP contribution is 2.31. The maximum Gasteiger partial charge on any atom is 0.244 e. The quantitative estimate of drug-likeness (QED) is 0.918. The highest BCUT2D eigenvalue weighted by Gasteiger charge is 2.34. The Labute approximate surface area is 121 Å². The van der Waals surface area contributed by atoms with Gasteiger partial charge in [-0.05, 0) is 30.9 Å². The fraction of sp³-hybridized carbons (Fsp3) is 0.643. The molecule has 1 aliphatic carbocycles. The van der Waals surface area contributed by atoms with Crippen molar-refractivity contribution in [1.82, 2.24) is 9.29 Å². The summed E-state index contributed by atoms with van der Waals surface area (Å²) in [5.41, 5.74) is 6.04. The molecule has 1 aromatic heterocycles. The van der Waals surface area contributed by atoms with Crippen molar-refractivity contribution in [1.29, 1.82) is 0 Å². The third-order valence-corrected chi connectivity index (χ3v) is 6.19. The van der Waals surface area contributed by atoms with Gasteiger partial charge in [-0.25, -0.2) is 8.42 Å². The lowest BCUT2D eigenvalue weighted by Crippen LogP contribution is -2.42. The van der Waals surface area contributed by atoms with Gasteiger partial charge in [0.2, 0.25) is 10.0 Å². The van der Waals surface area contributed by atoms with Crippen molar-refractivity contribution in [3.8, 4) is 0 Å². The molecule has 0 saturated heterocycles. The van der Waals surface area contributed by atoms with Crippen LogP contribution in [0.3, 0.4) is 0 Å². The zero-order chi connectivity index (χ0) is 14.8. The van der Waals surface area contributed by atoms with Gasteiger partial charge in [-0.15, -0.1) is 0 Å². The molecular formula is C14H23N3O2S. The molecule has 1 aliphatic rings. The lowest BCUT2D eigenvalue weighted by molar-refractivity contribution is 0.213. The van der Waals surface area contributed by atoms with Crippen molar-refractivity contribution in [2.24, 2.45) is 11.7 Å². The highest BCUT2D eigenvalue weighted by molar-refractivity contribution is 7.89. The Kier molecular flexibility index (Phi) is 4.78. The van der Waals surface area contributed by atoms with Crippen LogP contribution in [0.4, 0.5) is 0 Å². The van der Waals surface area contributed by atoms with E-state index in [0.29, 0.717) is 11.6 Å². The molecule has 1 heterocycles. The Morgan fingerprint density at radius 1 is 1.40 bits per heavy atom. The van der Waals surface area contributed by atoms with Gasteiger partial charge in [-0.1, -0.05) is 19.8 Å². The van der Waals surface area contributed by atoms with Crippen molar-refractivity contribution in [3.05, 3.63) is 24.0 Å². The van der Waals surface area contributed by atoms with E-state index in [9.17, 15) is 8.42 Å². The van der Waals surface area contributed by atoms with Gasteiger partial charge in [0, 0.05) is 25.8 Å². The van der Waals surface area contributed by atoms with Gasteiger partial charge < -0.3 is 5.73 Å². The first-order valence-electron chi connectivity index (χ1n) is 7.10. The molecule has 20 heavy (non-hydrogen) atoms. The van der Waals surface area contributed by atoms with Gasteiger partial charge in [0.05, 0.1) is 5.69 Å². The van der Waals surface area contributed by atoms with Crippen LogP contribution in [-0.2, 0) is 16.6 Å². The van der Waals surface area contributed by atoms with E-state index in [0.717, 1.165) is 19.3 Å². The molecule has 0 aliphatic heterocycles. The first-order chi connectivity index (χ1) is 9.48. The Morgan fingerprint density at radius 2 is 2.10 bits per heavy atom. The van der Waals surface area contributed by atoms with E-state index in [-0.39, 0.29) is 17.5 Å². The molecule has 0 radical (unpaired) electrons. The molecule has 0 bridgehead atoms. The summed E-state index contributed by atoms with van der Waals surface area (Å²) >= 11 is 0. The lowest BCUT2D eigenvalue weighted by atomic mass is 9.86. The molecule has 112 valence electrons. The molecule has 2 N–H and O–H groups in total. The number of hydrogen-bond acceptors (Lipinski definition) is 4. The predicted octanol–water partition coefficient (Wildman–Crippen LogP) is 1.74. The molecule has 0 aromatic carbocycles. The third kappa shape index (κ3) is 2.87. The van der Waals surface area contributed by atoms with Gasteiger partial charge in [0.15, 0.2) is 0 Å². The maximum atomic E-state index is 12.8. The lowest BCUT2D eigenvalue weighted by Gasteiger charge is -2.35. The number of sulfonamides is 1. The van der Waals surface area contributed by atoms with Crippen LogP contribution in [-0.4, -0.2) is 30.8 Å². The van der Waals surface area contributed by atoms with E-state index in [1.165, 1.54) is 10.7 Å². The minimum atomic E-state index is -3.52. The van der Waals surface area contributed by atoms with Gasteiger partial charge in [-0.3, -0.25) is 4.98 Å². The second-order valence-electron chi connectivity index (χ2n) is 5.50. The Hall–Kier alpha value is -0.980. The van der Waals surface area contributed by atoms with Crippen molar-refractivity contribution in [2.45, 2.75) is 50.1 Å². The summed E-state index contributed by atoms with van der Waals surface area (Å²) in [5.74, 6) is 0.390. The van der Waals surface area contributed by atoms with Crippen LogP contribution in [0, 0.1) is 5.92 Å². The Balaban J connectivity index is 2.34. The molecule has 6 heteroatoms. The van der Waals surface area contributed by atoms with Crippen molar-refractivity contribution < 1.29 is 8.42 Å². The fourth-order valence-electron chi connectivity index (χ4n) is 2.98. The average molecular weight is 297 g/mol. The molecule has 0 amide bonds. The molecule has 5 nitrogen and oxygen atoms in total. The van der Waals surface area contributed by atoms with Crippen molar-refractivity contribution in [2.75, 3.05) is 7.05 Å². The Morgan fingerprint density at radius 3 is 2.75 bits per heavy atom. The zero-order valence-corrected chi connectivity index (χ0v) is 12.9. The Bertz CT molecular complexity index is 559. The van der Waals surface area contributed by atoms with Gasteiger partial charge in [0.1, 0.15) is 4.90 Å². The summed E-state index contributed by atoms with van der Waals surface area (Å²) in [7, 11) is -1.85. The molecule has 1 saturated carbocycles. The van der Waals surface area contributed by atoms with Crippen LogP contribution in [0.25, 0.3) is 0 Å². The molecular weight excluding hydrogens is 274 g/mol. The topological polar surface area (TPSA) is 76.3 Å². The van der Waals surface area contributed by atoms with E-state index in [1.54, 1.807) is 25.4 Å². The maximum absolute atomic E-state index is 12.8. The normalized spacial score (nSPS) is 24.0. The van der Waals surface area contributed by atoms with E-state index in [4.69, 9.17) is 5.73 Å². The summed E-state index contributed by atoms with van der Waals surface area (Å²) in [5, 5.41) is 0. The minimum Gasteiger partial charge on any atom is -0.325 e. The molecule has 1 aromatic rings. The number of nitrogens with zero attached hydrogens (tertiary/aromatic N) is 2. The summed E-state index contributed by atoms with van der Waals surface area (Å²) in [6.45, 7) is 2.26.